The van der Waals surface area contributed by atoms with Crippen LogP contribution in [-0.4, -0.2) is 53.8 Å². The number of imide groups is 1. The first-order valence-corrected chi connectivity index (χ1v) is 11.3. The average molecular weight is 438 g/mol. The van der Waals surface area contributed by atoms with E-state index in [0.717, 1.165) is 50.2 Å². The molecular formula is C25H31N3O4. The van der Waals surface area contributed by atoms with Crippen LogP contribution in [0.3, 0.4) is 0 Å². The van der Waals surface area contributed by atoms with Crippen molar-refractivity contribution < 1.29 is 19.4 Å². The largest absolute Gasteiger partial charge is 0.491 e. The van der Waals surface area contributed by atoms with Gasteiger partial charge in [0.1, 0.15) is 17.9 Å². The van der Waals surface area contributed by atoms with Crippen molar-refractivity contribution in [2.24, 2.45) is 5.92 Å². The number of likely N-dealkylation sites (tertiary alicyclic amines) is 1. The minimum Gasteiger partial charge on any atom is -0.491 e. The summed E-state index contributed by atoms with van der Waals surface area (Å²) in [5.74, 6) is 0.676. The number of nitrogens with zero attached hydrogens (tertiary/aromatic N) is 1. The van der Waals surface area contributed by atoms with Gasteiger partial charge in [-0.2, -0.15) is 0 Å². The van der Waals surface area contributed by atoms with Gasteiger partial charge in [0.2, 0.25) is 0 Å². The monoisotopic (exact) mass is 437 g/mol. The minimum atomic E-state index is -0.836. The highest BCUT2D eigenvalue weighted by atomic mass is 16.5. The molecule has 0 unspecified atom stereocenters. The normalized spacial score (nSPS) is 21.9. The molecule has 0 radical (unpaired) electrons. The number of aliphatic hydroxyl groups is 1. The lowest BCUT2D eigenvalue weighted by molar-refractivity contribution is -0.127. The number of benzene rings is 2. The molecule has 2 fully saturated rings. The van der Waals surface area contributed by atoms with Crippen molar-refractivity contribution in [3.8, 4) is 5.75 Å². The molecule has 4 rings (SSSR count). The van der Waals surface area contributed by atoms with E-state index in [1.54, 1.807) is 0 Å². The Morgan fingerprint density at radius 1 is 1.03 bits per heavy atom. The maximum Gasteiger partial charge on any atom is 0.322 e. The van der Waals surface area contributed by atoms with Gasteiger partial charge in [-0.15, -0.1) is 0 Å². The second-order valence-corrected chi connectivity index (χ2v) is 8.64. The zero-order valence-electron chi connectivity index (χ0n) is 18.3. The van der Waals surface area contributed by atoms with Crippen molar-refractivity contribution in [1.29, 1.82) is 0 Å². The van der Waals surface area contributed by atoms with Crippen molar-refractivity contribution >= 4 is 11.9 Å². The van der Waals surface area contributed by atoms with Crippen LogP contribution in [0.1, 0.15) is 30.4 Å². The third kappa shape index (κ3) is 5.11. The maximum absolute atomic E-state index is 12.9. The van der Waals surface area contributed by atoms with Crippen molar-refractivity contribution in [1.82, 2.24) is 15.5 Å². The predicted octanol–water partition coefficient (Wildman–Crippen LogP) is 2.48. The van der Waals surface area contributed by atoms with Gasteiger partial charge >= 0.3 is 6.03 Å². The van der Waals surface area contributed by atoms with Gasteiger partial charge in [0, 0.05) is 6.54 Å². The first-order valence-electron chi connectivity index (χ1n) is 11.3. The number of hydrogen-bond acceptors (Lipinski definition) is 5. The van der Waals surface area contributed by atoms with Gasteiger partial charge in [-0.3, -0.25) is 15.0 Å². The molecule has 7 nitrogen and oxygen atoms in total. The summed E-state index contributed by atoms with van der Waals surface area (Å²) >= 11 is 0. The van der Waals surface area contributed by atoms with Crippen LogP contribution in [0.4, 0.5) is 4.79 Å². The Hall–Kier alpha value is -2.90. The number of nitrogens with one attached hydrogen (secondary N) is 2. The van der Waals surface area contributed by atoms with Crippen LogP contribution in [-0.2, 0) is 17.8 Å². The quantitative estimate of drug-likeness (QED) is 0.525. The summed E-state index contributed by atoms with van der Waals surface area (Å²) in [6, 6.07) is 17.6. The van der Waals surface area contributed by atoms with E-state index >= 15 is 0 Å². The summed E-state index contributed by atoms with van der Waals surface area (Å²) in [6.45, 7) is 2.81. The van der Waals surface area contributed by atoms with Gasteiger partial charge in [-0.05, 0) is 68.0 Å². The molecule has 3 N–H and O–H groups in total. The lowest BCUT2D eigenvalue weighted by Crippen LogP contribution is -2.56. The van der Waals surface area contributed by atoms with Gasteiger partial charge in [-0.1, -0.05) is 42.5 Å². The number of piperidine rings is 1. The van der Waals surface area contributed by atoms with Gasteiger partial charge in [0.25, 0.3) is 5.91 Å². The van der Waals surface area contributed by atoms with Crippen LogP contribution >= 0.6 is 0 Å². The zero-order valence-corrected chi connectivity index (χ0v) is 18.3. The second-order valence-electron chi connectivity index (χ2n) is 8.64. The SMILES string of the molecule is O=C1NC(=O)[C@](CCc2ccccc2)(C2CCN(Cc3cccc(OCCO)c3)CC2)N1. The number of aliphatic hydroxyl groups excluding tert-OH is 1. The molecule has 0 saturated carbocycles. The Bertz CT molecular complexity index is 928. The van der Waals surface area contributed by atoms with Gasteiger partial charge in [0.05, 0.1) is 6.61 Å². The fraction of sp³-hybridized carbons (Fsp3) is 0.440. The molecule has 0 bridgehead atoms. The lowest BCUT2D eigenvalue weighted by Gasteiger charge is -2.40. The molecule has 2 heterocycles. The molecule has 0 spiro atoms. The third-order valence-electron chi connectivity index (χ3n) is 6.57. The van der Waals surface area contributed by atoms with Crippen LogP contribution < -0.4 is 15.4 Å². The summed E-state index contributed by atoms with van der Waals surface area (Å²) < 4.78 is 5.51. The predicted molar refractivity (Wildman–Crippen MR) is 121 cm³/mol. The fourth-order valence-electron chi connectivity index (χ4n) is 4.90. The highest BCUT2D eigenvalue weighted by Gasteiger charge is 2.51. The van der Waals surface area contributed by atoms with E-state index < -0.39 is 5.54 Å². The summed E-state index contributed by atoms with van der Waals surface area (Å²) in [7, 11) is 0. The van der Waals surface area contributed by atoms with E-state index in [1.807, 2.05) is 36.4 Å². The second kappa shape index (κ2) is 10.1. The Labute approximate surface area is 188 Å². The van der Waals surface area contributed by atoms with Crippen LogP contribution in [0.2, 0.25) is 0 Å². The number of amides is 3. The summed E-state index contributed by atoms with van der Waals surface area (Å²) in [6.07, 6.45) is 3.05. The smallest absolute Gasteiger partial charge is 0.322 e. The van der Waals surface area contributed by atoms with E-state index in [4.69, 9.17) is 9.84 Å². The Morgan fingerprint density at radius 2 is 1.78 bits per heavy atom. The average Bonchev–Trinajstić information content (AvgIpc) is 3.11. The van der Waals surface area contributed by atoms with E-state index in [-0.39, 0.29) is 31.1 Å². The number of rotatable bonds is 9. The molecule has 2 aliphatic heterocycles. The number of ether oxygens (including phenoxy) is 1. The third-order valence-corrected chi connectivity index (χ3v) is 6.57. The highest BCUT2D eigenvalue weighted by Crippen LogP contribution is 2.35. The molecule has 0 aliphatic carbocycles. The topological polar surface area (TPSA) is 90.9 Å². The van der Waals surface area contributed by atoms with Crippen LogP contribution in [0.25, 0.3) is 0 Å². The van der Waals surface area contributed by atoms with Crippen LogP contribution in [0.15, 0.2) is 54.6 Å². The Balaban J connectivity index is 1.38. The summed E-state index contributed by atoms with van der Waals surface area (Å²) in [4.78, 5) is 27.3. The molecule has 2 aromatic carbocycles. The van der Waals surface area contributed by atoms with E-state index in [0.29, 0.717) is 6.42 Å². The number of aryl methyl sites for hydroxylation is 1. The van der Waals surface area contributed by atoms with E-state index in [9.17, 15) is 9.59 Å². The Morgan fingerprint density at radius 3 is 2.47 bits per heavy atom. The maximum atomic E-state index is 12.9. The van der Waals surface area contributed by atoms with Gasteiger partial charge in [0.15, 0.2) is 0 Å². The van der Waals surface area contributed by atoms with Crippen molar-refractivity contribution in [3.05, 3.63) is 65.7 Å². The number of urea groups is 1. The number of carbonyl (C=O) groups excluding carboxylic acids is 2. The van der Waals surface area contributed by atoms with Gasteiger partial charge < -0.3 is 15.2 Å². The Kier molecular flexibility index (Phi) is 7.07. The van der Waals surface area contributed by atoms with Crippen LogP contribution in [0.5, 0.6) is 5.75 Å². The molecular weight excluding hydrogens is 406 g/mol. The van der Waals surface area contributed by atoms with Crippen molar-refractivity contribution in [2.45, 2.75) is 37.8 Å². The lowest BCUT2D eigenvalue weighted by atomic mass is 9.74. The summed E-state index contributed by atoms with van der Waals surface area (Å²) in [5, 5.41) is 14.4. The molecule has 0 aromatic heterocycles. The molecule has 2 aromatic rings. The zero-order chi connectivity index (χ0) is 22.4. The number of carbonyl (C=O) groups is 2. The van der Waals surface area contributed by atoms with Crippen molar-refractivity contribution in [2.75, 3.05) is 26.3 Å². The van der Waals surface area contributed by atoms with Crippen molar-refractivity contribution in [3.63, 3.8) is 0 Å². The summed E-state index contributed by atoms with van der Waals surface area (Å²) in [5.41, 5.74) is 1.49. The highest BCUT2D eigenvalue weighted by molar-refractivity contribution is 6.07. The molecule has 3 amide bonds. The number of hydrogen-bond donors (Lipinski definition) is 3. The molecule has 1 atom stereocenters. The minimum absolute atomic E-state index is 0.00607. The van der Waals surface area contributed by atoms with Gasteiger partial charge in [-0.25, -0.2) is 4.79 Å². The van der Waals surface area contributed by atoms with E-state index in [1.165, 1.54) is 5.56 Å². The van der Waals surface area contributed by atoms with E-state index in [2.05, 4.69) is 33.7 Å². The molecule has 2 aliphatic rings. The molecule has 170 valence electrons. The molecule has 2 saturated heterocycles. The standard InChI is InChI=1S/C25H31N3O4/c29-15-16-32-22-8-4-7-20(17-22)18-28-13-10-21(11-14-28)25(23(30)26-24(31)27-25)12-9-19-5-2-1-3-6-19/h1-8,17,21,29H,9-16,18H2,(H2,26,27,30,31)/t25-/m0/s1. The van der Waals surface area contributed by atoms with Crippen LogP contribution in [0, 0.1) is 5.92 Å². The molecule has 7 heteroatoms. The fourth-order valence-corrected chi connectivity index (χ4v) is 4.90. The first kappa shape index (κ1) is 22.3. The first-order chi connectivity index (χ1) is 15.6. The molecule has 32 heavy (non-hydrogen) atoms.